The molecule has 1 saturated heterocycles. The number of hydrogen-bond acceptors (Lipinski definition) is 3. The van der Waals surface area contributed by atoms with E-state index in [1.807, 2.05) is 0 Å². The van der Waals surface area contributed by atoms with E-state index < -0.39 is 30.5 Å². The molecule has 22 heavy (non-hydrogen) atoms. The number of amides is 1. The number of nitrogens with zero attached hydrogens (tertiary/aromatic N) is 3. The van der Waals surface area contributed by atoms with Gasteiger partial charge in [-0.1, -0.05) is 11.6 Å². The van der Waals surface area contributed by atoms with Crippen LogP contribution in [0.25, 0.3) is 0 Å². The molecule has 1 atom stereocenters. The third-order valence-corrected chi connectivity index (χ3v) is 3.53. The molecule has 1 aromatic carbocycles. The molecule has 9 heteroatoms. The lowest BCUT2D eigenvalue weighted by Gasteiger charge is -2.23. The molecule has 0 unspecified atom stereocenters. The summed E-state index contributed by atoms with van der Waals surface area (Å²) < 4.78 is 50.3. The average Bonchev–Trinajstić information content (AvgIpc) is 2.75. The summed E-state index contributed by atoms with van der Waals surface area (Å²) in [5.74, 6) is -1.49. The summed E-state index contributed by atoms with van der Waals surface area (Å²) in [6.07, 6.45) is -2.69. The van der Waals surface area contributed by atoms with E-state index in [0.29, 0.717) is 4.90 Å². The van der Waals surface area contributed by atoms with Crippen LogP contribution in [0.3, 0.4) is 0 Å². The lowest BCUT2D eigenvalue weighted by Crippen LogP contribution is -2.42. The number of nitriles is 1. The summed E-state index contributed by atoms with van der Waals surface area (Å²) in [5.41, 5.74) is 0.154. The van der Waals surface area contributed by atoms with Gasteiger partial charge in [-0.25, -0.2) is 4.39 Å². The molecule has 0 spiro atoms. The molecule has 0 saturated carbocycles. The minimum atomic E-state index is -4.50. The molecule has 0 radical (unpaired) electrons. The highest BCUT2D eigenvalue weighted by atomic mass is 35.5. The zero-order chi connectivity index (χ0) is 16.5. The third-order valence-electron chi connectivity index (χ3n) is 3.24. The first kappa shape index (κ1) is 16.4. The van der Waals surface area contributed by atoms with Gasteiger partial charge in [-0.2, -0.15) is 18.4 Å². The van der Waals surface area contributed by atoms with Crippen LogP contribution < -0.4 is 4.90 Å². The smallest absolute Gasteiger partial charge is 0.332 e. The maximum atomic E-state index is 13.1. The fourth-order valence-corrected chi connectivity index (χ4v) is 2.45. The Morgan fingerprint density at radius 2 is 2.14 bits per heavy atom. The molecule has 1 amide bonds. The normalized spacial score (nSPS) is 18.5. The molecule has 4 nitrogen and oxygen atoms in total. The van der Waals surface area contributed by atoms with Gasteiger partial charge in [0.15, 0.2) is 6.19 Å². The van der Waals surface area contributed by atoms with E-state index in [1.54, 1.807) is 6.19 Å². The number of hydrogen-bond donors (Lipinski definition) is 0. The molecule has 0 bridgehead atoms. The predicted molar refractivity (Wildman–Crippen MR) is 70.5 cm³/mol. The third kappa shape index (κ3) is 3.42. The fraction of sp³-hybridized carbons (Fsp3) is 0.385. The number of carbonyl (C=O) groups is 1. The second-order valence-electron chi connectivity index (χ2n) is 4.75. The van der Waals surface area contributed by atoms with Crippen LogP contribution in [0, 0.1) is 17.3 Å². The maximum Gasteiger partial charge on any atom is 0.406 e. The van der Waals surface area contributed by atoms with Crippen molar-refractivity contribution in [2.45, 2.75) is 18.6 Å². The fourth-order valence-electron chi connectivity index (χ4n) is 2.28. The van der Waals surface area contributed by atoms with Gasteiger partial charge in [0.25, 0.3) is 0 Å². The molecule has 1 fully saturated rings. The van der Waals surface area contributed by atoms with E-state index in [2.05, 4.69) is 0 Å². The summed E-state index contributed by atoms with van der Waals surface area (Å²) >= 11 is 5.62. The van der Waals surface area contributed by atoms with Gasteiger partial charge < -0.3 is 4.90 Å². The number of anilines is 1. The van der Waals surface area contributed by atoms with Gasteiger partial charge in [0, 0.05) is 6.54 Å². The van der Waals surface area contributed by atoms with Crippen LogP contribution in [-0.4, -0.2) is 36.1 Å². The highest BCUT2D eigenvalue weighted by Crippen LogP contribution is 2.28. The average molecular weight is 336 g/mol. The van der Waals surface area contributed by atoms with Gasteiger partial charge in [0.2, 0.25) is 5.91 Å². The van der Waals surface area contributed by atoms with E-state index in [-0.39, 0.29) is 23.7 Å². The monoisotopic (exact) mass is 335 g/mol. The van der Waals surface area contributed by atoms with Crippen molar-refractivity contribution in [3.05, 3.63) is 29.0 Å². The number of benzene rings is 1. The Balaban J connectivity index is 2.21. The van der Waals surface area contributed by atoms with Crippen molar-refractivity contribution < 1.29 is 22.4 Å². The largest absolute Gasteiger partial charge is 0.406 e. The van der Waals surface area contributed by atoms with Gasteiger partial charge in [0.1, 0.15) is 18.4 Å². The molecular weight excluding hydrogens is 326 g/mol. The van der Waals surface area contributed by atoms with Gasteiger partial charge >= 0.3 is 6.18 Å². The van der Waals surface area contributed by atoms with E-state index in [4.69, 9.17) is 11.6 Å². The van der Waals surface area contributed by atoms with Crippen LogP contribution in [-0.2, 0) is 4.79 Å². The van der Waals surface area contributed by atoms with Crippen LogP contribution in [0.2, 0.25) is 5.02 Å². The summed E-state index contributed by atoms with van der Waals surface area (Å²) in [5, 5.41) is 8.94. The van der Waals surface area contributed by atoms with Crippen molar-refractivity contribution in [3.63, 3.8) is 0 Å². The Morgan fingerprint density at radius 1 is 1.45 bits per heavy atom. The predicted octanol–water partition coefficient (Wildman–Crippen LogP) is 2.93. The van der Waals surface area contributed by atoms with Gasteiger partial charge in [-0.3, -0.25) is 9.69 Å². The summed E-state index contributed by atoms with van der Waals surface area (Å²) in [4.78, 5) is 13.6. The number of alkyl halides is 3. The molecular formula is C13H10ClF4N3O. The SMILES string of the molecule is N#CN(c1ccc(F)c(Cl)c1)[C@@H]1CCN(CC(F)(F)F)C1=O. The quantitative estimate of drug-likeness (QED) is 0.485. The molecule has 0 aromatic heterocycles. The first-order chi connectivity index (χ1) is 10.2. The number of likely N-dealkylation sites (tertiary alicyclic amines) is 1. The number of halogens is 5. The van der Waals surface area contributed by atoms with Crippen molar-refractivity contribution in [1.29, 1.82) is 5.26 Å². The number of rotatable bonds is 3. The Kier molecular flexibility index (Phi) is 4.47. The van der Waals surface area contributed by atoms with Gasteiger partial charge in [-0.05, 0) is 24.6 Å². The molecule has 1 aromatic rings. The number of carbonyl (C=O) groups excluding carboxylic acids is 1. The van der Waals surface area contributed by atoms with Crippen LogP contribution in [0.5, 0.6) is 0 Å². The lowest BCUT2D eigenvalue weighted by atomic mass is 10.2. The van der Waals surface area contributed by atoms with Crippen LogP contribution in [0.1, 0.15) is 6.42 Å². The van der Waals surface area contributed by atoms with E-state index in [0.717, 1.165) is 17.0 Å². The maximum absolute atomic E-state index is 13.1. The van der Waals surface area contributed by atoms with Crippen molar-refractivity contribution in [1.82, 2.24) is 4.90 Å². The minimum absolute atomic E-state index is 0.0669. The second kappa shape index (κ2) is 6.01. The van der Waals surface area contributed by atoms with Gasteiger partial charge in [0.05, 0.1) is 10.7 Å². The van der Waals surface area contributed by atoms with E-state index >= 15 is 0 Å². The van der Waals surface area contributed by atoms with E-state index in [1.165, 1.54) is 6.07 Å². The van der Waals surface area contributed by atoms with Crippen LogP contribution in [0.4, 0.5) is 23.2 Å². The molecule has 0 N–H and O–H groups in total. The van der Waals surface area contributed by atoms with Crippen molar-refractivity contribution in [3.8, 4) is 6.19 Å². The lowest BCUT2D eigenvalue weighted by molar-refractivity contribution is -0.157. The van der Waals surface area contributed by atoms with Crippen molar-refractivity contribution in [2.24, 2.45) is 0 Å². The Hall–Kier alpha value is -2.01. The van der Waals surface area contributed by atoms with Crippen molar-refractivity contribution in [2.75, 3.05) is 18.0 Å². The summed E-state index contributed by atoms with van der Waals surface area (Å²) in [6.45, 7) is -1.46. The molecule has 118 valence electrons. The Labute approximate surface area is 128 Å². The topological polar surface area (TPSA) is 47.3 Å². The Bertz CT molecular complexity index is 629. The molecule has 0 aliphatic carbocycles. The van der Waals surface area contributed by atoms with Crippen LogP contribution in [0.15, 0.2) is 18.2 Å². The highest BCUT2D eigenvalue weighted by Gasteiger charge is 2.42. The highest BCUT2D eigenvalue weighted by molar-refractivity contribution is 6.31. The molecule has 1 aliphatic rings. The van der Waals surface area contributed by atoms with Gasteiger partial charge in [-0.15, -0.1) is 0 Å². The van der Waals surface area contributed by atoms with E-state index in [9.17, 15) is 27.6 Å². The summed E-state index contributed by atoms with van der Waals surface area (Å²) in [7, 11) is 0. The first-order valence-corrected chi connectivity index (χ1v) is 6.60. The Morgan fingerprint density at radius 3 is 2.68 bits per heavy atom. The first-order valence-electron chi connectivity index (χ1n) is 6.22. The standard InChI is InChI=1S/C13H10ClF4N3O/c14-9-5-8(1-2-10(9)15)21(7-19)11-3-4-20(12(11)22)6-13(16,17)18/h1-2,5,11H,3-4,6H2/t11-/m1/s1. The minimum Gasteiger partial charge on any atom is -0.332 e. The molecule has 1 aliphatic heterocycles. The zero-order valence-corrected chi connectivity index (χ0v) is 11.8. The zero-order valence-electron chi connectivity index (χ0n) is 11.1. The molecule has 2 rings (SSSR count). The van der Waals surface area contributed by atoms with Crippen molar-refractivity contribution >= 4 is 23.2 Å². The second-order valence-corrected chi connectivity index (χ2v) is 5.16. The van der Waals surface area contributed by atoms with Crippen LogP contribution >= 0.6 is 11.6 Å². The molecule has 1 heterocycles. The summed E-state index contributed by atoms with van der Waals surface area (Å²) in [6, 6.07) is 2.37.